The fraction of sp³-hybridized carbons (Fsp3) is 0.500. The standard InChI is InChI=1S/C14H9F11O3/c1-2-7-3-5-8(6-4-7)27-9(26)10(15,12(18,19)20)28-14(24,25)11(16,17)13(21,22)23/h3-6H,2H2,1H3/t10-/m0/s1. The maximum Gasteiger partial charge on any atom is 0.462 e. The van der Waals surface area contributed by atoms with Gasteiger partial charge in [0.2, 0.25) is 0 Å². The topological polar surface area (TPSA) is 35.5 Å². The number of hydrogen-bond acceptors (Lipinski definition) is 3. The number of carbonyl (C=O) groups excluding carboxylic acids is 1. The van der Waals surface area contributed by atoms with E-state index in [1.165, 1.54) is 12.1 Å². The lowest BCUT2D eigenvalue weighted by molar-refractivity contribution is -0.474. The first-order valence-corrected chi connectivity index (χ1v) is 6.98. The summed E-state index contributed by atoms with van der Waals surface area (Å²) in [5.74, 6) is -17.8. The number of aryl methyl sites for hydroxylation is 1. The lowest BCUT2D eigenvalue weighted by atomic mass is 10.2. The summed E-state index contributed by atoms with van der Waals surface area (Å²) in [5, 5.41) is 0. The van der Waals surface area contributed by atoms with Gasteiger partial charge in [0.05, 0.1) is 0 Å². The molecule has 0 aliphatic heterocycles. The molecule has 0 radical (unpaired) electrons. The molecule has 0 saturated heterocycles. The first-order chi connectivity index (χ1) is 12.4. The number of alkyl halides is 11. The molecule has 1 atom stereocenters. The number of hydrogen-bond donors (Lipinski definition) is 0. The van der Waals surface area contributed by atoms with Gasteiger partial charge in [0, 0.05) is 0 Å². The molecule has 1 rings (SSSR count). The van der Waals surface area contributed by atoms with E-state index in [1.54, 1.807) is 6.92 Å². The number of halogens is 11. The zero-order chi connectivity index (χ0) is 22.2. The van der Waals surface area contributed by atoms with Gasteiger partial charge in [-0.15, -0.1) is 0 Å². The van der Waals surface area contributed by atoms with Gasteiger partial charge in [0.15, 0.2) is 0 Å². The SMILES string of the molecule is CCc1ccc(OC(=O)[C@](F)(OC(F)(F)C(F)(F)C(F)(F)F)C(F)(F)F)cc1. The molecule has 0 spiro atoms. The fourth-order valence-electron chi connectivity index (χ4n) is 1.59. The lowest BCUT2D eigenvalue weighted by Crippen LogP contribution is -2.62. The minimum atomic E-state index is -7.26. The van der Waals surface area contributed by atoms with Crippen LogP contribution in [0.4, 0.5) is 48.3 Å². The predicted molar refractivity (Wildman–Crippen MR) is 68.4 cm³/mol. The van der Waals surface area contributed by atoms with Gasteiger partial charge >= 0.3 is 36.2 Å². The van der Waals surface area contributed by atoms with Gasteiger partial charge in [-0.2, -0.15) is 48.3 Å². The van der Waals surface area contributed by atoms with Crippen molar-refractivity contribution in [2.45, 2.75) is 43.6 Å². The average molecular weight is 434 g/mol. The highest BCUT2D eigenvalue weighted by molar-refractivity contribution is 5.81. The van der Waals surface area contributed by atoms with E-state index in [0.717, 1.165) is 12.1 Å². The molecule has 0 unspecified atom stereocenters. The van der Waals surface area contributed by atoms with Crippen molar-refractivity contribution in [1.29, 1.82) is 0 Å². The van der Waals surface area contributed by atoms with Crippen LogP contribution in [0.5, 0.6) is 5.75 Å². The van der Waals surface area contributed by atoms with Crippen LogP contribution in [0.3, 0.4) is 0 Å². The number of benzene rings is 1. The zero-order valence-electron chi connectivity index (χ0n) is 13.4. The summed E-state index contributed by atoms with van der Waals surface area (Å²) in [6.07, 6.45) is -20.6. The first kappa shape index (κ1) is 23.9. The van der Waals surface area contributed by atoms with Crippen molar-refractivity contribution in [2.24, 2.45) is 0 Å². The molecule has 28 heavy (non-hydrogen) atoms. The quantitative estimate of drug-likeness (QED) is 0.351. The average Bonchev–Trinajstić information content (AvgIpc) is 2.52. The van der Waals surface area contributed by atoms with E-state index >= 15 is 0 Å². The summed E-state index contributed by atoms with van der Waals surface area (Å²) in [6, 6.07) is 3.94. The van der Waals surface area contributed by atoms with Crippen LogP contribution in [0.2, 0.25) is 0 Å². The van der Waals surface area contributed by atoms with Gasteiger partial charge in [-0.1, -0.05) is 19.1 Å². The monoisotopic (exact) mass is 434 g/mol. The van der Waals surface area contributed by atoms with Crippen molar-refractivity contribution in [2.75, 3.05) is 0 Å². The van der Waals surface area contributed by atoms with E-state index < -0.39 is 42.0 Å². The first-order valence-electron chi connectivity index (χ1n) is 6.98. The Morgan fingerprint density at radius 1 is 0.821 bits per heavy atom. The van der Waals surface area contributed by atoms with E-state index in [0.29, 0.717) is 12.0 Å². The Balaban J connectivity index is 3.26. The maximum absolute atomic E-state index is 13.9. The second-order valence-electron chi connectivity index (χ2n) is 5.17. The predicted octanol–water partition coefficient (Wildman–Crippen LogP) is 5.19. The Hall–Kier alpha value is -2.12. The fourth-order valence-corrected chi connectivity index (χ4v) is 1.59. The Morgan fingerprint density at radius 2 is 1.29 bits per heavy atom. The Morgan fingerprint density at radius 3 is 1.64 bits per heavy atom. The molecule has 3 nitrogen and oxygen atoms in total. The third kappa shape index (κ3) is 4.47. The molecule has 14 heteroatoms. The summed E-state index contributed by atoms with van der Waals surface area (Å²) in [5.41, 5.74) is 0.551. The van der Waals surface area contributed by atoms with Crippen LogP contribution in [0.1, 0.15) is 12.5 Å². The molecule has 1 aromatic carbocycles. The number of ether oxygens (including phenoxy) is 2. The molecule has 0 saturated carbocycles. The molecule has 0 aromatic heterocycles. The van der Waals surface area contributed by atoms with E-state index in [1.807, 2.05) is 0 Å². The van der Waals surface area contributed by atoms with E-state index in [4.69, 9.17) is 0 Å². The van der Waals surface area contributed by atoms with Gasteiger partial charge < -0.3 is 4.74 Å². The van der Waals surface area contributed by atoms with Crippen molar-refractivity contribution < 1.29 is 62.6 Å². The van der Waals surface area contributed by atoms with Gasteiger partial charge in [-0.25, -0.2) is 4.79 Å². The smallest absolute Gasteiger partial charge is 0.422 e. The normalized spacial score (nSPS) is 15.9. The highest BCUT2D eigenvalue weighted by Gasteiger charge is 2.80. The van der Waals surface area contributed by atoms with Gasteiger partial charge in [-0.3, -0.25) is 4.74 Å². The van der Waals surface area contributed by atoms with Gasteiger partial charge in [-0.05, 0) is 24.1 Å². The summed E-state index contributed by atoms with van der Waals surface area (Å²) in [4.78, 5) is 11.4. The molecule has 0 amide bonds. The maximum atomic E-state index is 13.9. The van der Waals surface area contributed by atoms with E-state index in [9.17, 15) is 53.1 Å². The van der Waals surface area contributed by atoms with Crippen LogP contribution in [-0.4, -0.2) is 36.2 Å². The van der Waals surface area contributed by atoms with Gasteiger partial charge in [0.25, 0.3) is 0 Å². The van der Waals surface area contributed by atoms with Crippen LogP contribution in [0.25, 0.3) is 0 Å². The van der Waals surface area contributed by atoms with Crippen molar-refractivity contribution in [3.8, 4) is 5.75 Å². The molecule has 0 N–H and O–H groups in total. The minimum absolute atomic E-state index is 0.408. The van der Waals surface area contributed by atoms with Crippen LogP contribution in [-0.2, 0) is 16.0 Å². The highest BCUT2D eigenvalue weighted by Crippen LogP contribution is 2.51. The van der Waals surface area contributed by atoms with Crippen LogP contribution >= 0.6 is 0 Å². The van der Waals surface area contributed by atoms with Gasteiger partial charge in [0.1, 0.15) is 5.75 Å². The van der Waals surface area contributed by atoms with Crippen molar-refractivity contribution >= 4 is 5.97 Å². The third-order valence-corrected chi connectivity index (χ3v) is 3.16. The zero-order valence-corrected chi connectivity index (χ0v) is 13.4. The number of carbonyl (C=O) groups is 1. The molecular weight excluding hydrogens is 425 g/mol. The molecule has 160 valence electrons. The van der Waals surface area contributed by atoms with Crippen molar-refractivity contribution in [1.82, 2.24) is 0 Å². The second-order valence-corrected chi connectivity index (χ2v) is 5.17. The summed E-state index contributed by atoms with van der Waals surface area (Å²) >= 11 is 0. The molecule has 0 aliphatic rings. The minimum Gasteiger partial charge on any atom is -0.422 e. The molecule has 0 bridgehead atoms. The summed E-state index contributed by atoms with van der Waals surface area (Å²) in [7, 11) is 0. The van der Waals surface area contributed by atoms with E-state index in [-0.39, 0.29) is 0 Å². The third-order valence-electron chi connectivity index (χ3n) is 3.16. The Labute approximate surface area is 149 Å². The second kappa shape index (κ2) is 7.37. The lowest BCUT2D eigenvalue weighted by Gasteiger charge is -2.33. The molecule has 0 heterocycles. The number of esters is 1. The van der Waals surface area contributed by atoms with E-state index in [2.05, 4.69) is 9.47 Å². The van der Waals surface area contributed by atoms with Crippen LogP contribution < -0.4 is 4.74 Å². The Bertz CT molecular complexity index is 694. The molecule has 1 aromatic rings. The van der Waals surface area contributed by atoms with Crippen molar-refractivity contribution in [3.63, 3.8) is 0 Å². The molecule has 0 aliphatic carbocycles. The highest BCUT2D eigenvalue weighted by atomic mass is 19.4. The van der Waals surface area contributed by atoms with Crippen LogP contribution in [0, 0.1) is 0 Å². The molecule has 0 fully saturated rings. The molecular formula is C14H9F11O3. The largest absolute Gasteiger partial charge is 0.462 e. The number of rotatable bonds is 6. The Kier molecular flexibility index (Phi) is 6.29. The summed E-state index contributed by atoms with van der Waals surface area (Å²) in [6.45, 7) is 1.65. The van der Waals surface area contributed by atoms with Crippen molar-refractivity contribution in [3.05, 3.63) is 29.8 Å². The summed E-state index contributed by atoms with van der Waals surface area (Å²) < 4.78 is 146. The van der Waals surface area contributed by atoms with Crippen LogP contribution in [0.15, 0.2) is 24.3 Å².